The fourth-order valence-electron chi connectivity index (χ4n) is 3.16. The van der Waals surface area contributed by atoms with Crippen LogP contribution in [0.1, 0.15) is 18.9 Å². The highest BCUT2D eigenvalue weighted by Gasteiger charge is 2.51. The number of methoxy groups -OCH3 is 1. The number of urea groups is 1. The Morgan fingerprint density at radius 2 is 1.79 bits per heavy atom. The van der Waals surface area contributed by atoms with Crippen LogP contribution < -0.4 is 15.4 Å². The second kappa shape index (κ2) is 7.90. The molecular weight excluding hydrogens is 382 g/mol. The van der Waals surface area contributed by atoms with E-state index in [1.54, 1.807) is 62.6 Å². The summed E-state index contributed by atoms with van der Waals surface area (Å²) in [5, 5.41) is 5.93. The van der Waals surface area contributed by atoms with Gasteiger partial charge in [-0.05, 0) is 48.4 Å². The second-order valence-corrected chi connectivity index (χ2v) is 6.80. The molecule has 4 amide bonds. The first-order valence-electron chi connectivity index (χ1n) is 8.73. The standard InChI is InChI=1S/C20H20ClN3O4/c1-3-20(13-4-6-14(21)7-5-13)18(26)24(19(27)23-20)12-17(25)22-15-8-10-16(28-2)11-9-15/h4-11H,3,12H2,1-2H3,(H,22,25)(H,23,27). The molecule has 2 aromatic rings. The zero-order valence-electron chi connectivity index (χ0n) is 15.5. The highest BCUT2D eigenvalue weighted by atomic mass is 35.5. The summed E-state index contributed by atoms with van der Waals surface area (Å²) in [6.45, 7) is 1.42. The van der Waals surface area contributed by atoms with Gasteiger partial charge in [-0.2, -0.15) is 0 Å². The van der Waals surface area contributed by atoms with Gasteiger partial charge in [-0.25, -0.2) is 4.79 Å². The number of carbonyl (C=O) groups is 3. The predicted octanol–water partition coefficient (Wildman–Crippen LogP) is 3.14. The molecule has 7 nitrogen and oxygen atoms in total. The summed E-state index contributed by atoms with van der Waals surface area (Å²) in [4.78, 5) is 38.8. The Labute approximate surface area is 167 Å². The molecule has 1 aliphatic heterocycles. The topological polar surface area (TPSA) is 87.7 Å². The van der Waals surface area contributed by atoms with Gasteiger partial charge in [-0.15, -0.1) is 0 Å². The Balaban J connectivity index is 1.75. The molecule has 0 radical (unpaired) electrons. The van der Waals surface area contributed by atoms with Crippen molar-refractivity contribution in [1.82, 2.24) is 10.2 Å². The van der Waals surface area contributed by atoms with Gasteiger partial charge in [0.05, 0.1) is 7.11 Å². The minimum absolute atomic E-state index is 0.343. The van der Waals surface area contributed by atoms with Crippen LogP contribution in [-0.2, 0) is 15.1 Å². The number of amides is 4. The number of rotatable bonds is 6. The fraction of sp³-hybridized carbons (Fsp3) is 0.250. The molecule has 2 N–H and O–H groups in total. The number of halogens is 1. The molecule has 146 valence electrons. The van der Waals surface area contributed by atoms with Crippen LogP contribution in [-0.4, -0.2) is 36.4 Å². The van der Waals surface area contributed by atoms with Crippen molar-refractivity contribution in [2.45, 2.75) is 18.9 Å². The zero-order valence-corrected chi connectivity index (χ0v) is 16.2. The normalized spacial score (nSPS) is 18.8. The van der Waals surface area contributed by atoms with Gasteiger partial charge in [0.1, 0.15) is 17.8 Å². The van der Waals surface area contributed by atoms with Crippen molar-refractivity contribution >= 4 is 35.1 Å². The molecule has 1 heterocycles. The highest BCUT2D eigenvalue weighted by Crippen LogP contribution is 2.33. The van der Waals surface area contributed by atoms with E-state index in [1.807, 2.05) is 0 Å². The van der Waals surface area contributed by atoms with E-state index in [2.05, 4.69) is 10.6 Å². The Bertz CT molecular complexity index is 899. The SMILES string of the molecule is CCC1(c2ccc(Cl)cc2)NC(=O)N(CC(=O)Nc2ccc(OC)cc2)C1=O. The number of benzene rings is 2. The van der Waals surface area contributed by atoms with E-state index in [1.165, 1.54) is 0 Å². The lowest BCUT2D eigenvalue weighted by Gasteiger charge is -2.25. The molecule has 3 rings (SSSR count). The molecule has 0 saturated carbocycles. The van der Waals surface area contributed by atoms with Gasteiger partial charge < -0.3 is 15.4 Å². The molecule has 1 fully saturated rings. The van der Waals surface area contributed by atoms with Crippen molar-refractivity contribution in [3.8, 4) is 5.75 Å². The summed E-state index contributed by atoms with van der Waals surface area (Å²) in [5.74, 6) is -0.285. The van der Waals surface area contributed by atoms with Crippen LogP contribution in [0.2, 0.25) is 5.02 Å². The Morgan fingerprint density at radius 3 is 2.36 bits per heavy atom. The predicted molar refractivity (Wildman–Crippen MR) is 105 cm³/mol. The first-order valence-corrected chi connectivity index (χ1v) is 9.11. The maximum atomic E-state index is 13.0. The number of nitrogens with zero attached hydrogens (tertiary/aromatic N) is 1. The van der Waals surface area contributed by atoms with Crippen LogP contribution in [0.3, 0.4) is 0 Å². The summed E-state index contributed by atoms with van der Waals surface area (Å²) in [6.07, 6.45) is 0.343. The van der Waals surface area contributed by atoms with Gasteiger partial charge in [0.2, 0.25) is 5.91 Å². The van der Waals surface area contributed by atoms with Gasteiger partial charge in [0, 0.05) is 10.7 Å². The highest BCUT2D eigenvalue weighted by molar-refractivity contribution is 6.30. The molecule has 0 aromatic heterocycles. The van der Waals surface area contributed by atoms with Gasteiger partial charge in [-0.1, -0.05) is 30.7 Å². The zero-order chi connectivity index (χ0) is 20.3. The van der Waals surface area contributed by atoms with E-state index in [0.717, 1.165) is 4.90 Å². The lowest BCUT2D eigenvalue weighted by Crippen LogP contribution is -2.44. The number of hydrogen-bond acceptors (Lipinski definition) is 4. The van der Waals surface area contributed by atoms with Crippen molar-refractivity contribution in [3.05, 3.63) is 59.1 Å². The smallest absolute Gasteiger partial charge is 0.325 e. The molecule has 28 heavy (non-hydrogen) atoms. The summed E-state index contributed by atoms with van der Waals surface area (Å²) in [7, 11) is 1.55. The summed E-state index contributed by atoms with van der Waals surface area (Å²) < 4.78 is 5.07. The van der Waals surface area contributed by atoms with E-state index >= 15 is 0 Å². The van der Waals surface area contributed by atoms with E-state index in [-0.39, 0.29) is 6.54 Å². The molecule has 1 unspecified atom stereocenters. The minimum Gasteiger partial charge on any atom is -0.497 e. The monoisotopic (exact) mass is 401 g/mol. The Morgan fingerprint density at radius 1 is 1.14 bits per heavy atom. The largest absolute Gasteiger partial charge is 0.497 e. The van der Waals surface area contributed by atoms with Crippen LogP contribution in [0.4, 0.5) is 10.5 Å². The van der Waals surface area contributed by atoms with Crippen LogP contribution in [0.15, 0.2) is 48.5 Å². The number of imide groups is 1. The molecule has 2 aromatic carbocycles. The van der Waals surface area contributed by atoms with Gasteiger partial charge >= 0.3 is 6.03 Å². The average molecular weight is 402 g/mol. The van der Waals surface area contributed by atoms with Crippen LogP contribution in [0, 0.1) is 0 Å². The third-order valence-electron chi connectivity index (χ3n) is 4.72. The summed E-state index contributed by atoms with van der Waals surface area (Å²) in [6, 6.07) is 12.9. The van der Waals surface area contributed by atoms with Crippen LogP contribution in [0.5, 0.6) is 5.75 Å². The molecule has 8 heteroatoms. The summed E-state index contributed by atoms with van der Waals surface area (Å²) in [5.41, 5.74) is -0.0460. The van der Waals surface area contributed by atoms with Crippen LogP contribution in [0.25, 0.3) is 0 Å². The first-order chi connectivity index (χ1) is 13.4. The van der Waals surface area contributed by atoms with Crippen molar-refractivity contribution in [2.75, 3.05) is 19.0 Å². The van der Waals surface area contributed by atoms with E-state index < -0.39 is 23.4 Å². The molecule has 1 aliphatic rings. The average Bonchev–Trinajstić information content (AvgIpc) is 2.94. The lowest BCUT2D eigenvalue weighted by atomic mass is 9.87. The number of carbonyl (C=O) groups excluding carboxylic acids is 3. The van der Waals surface area contributed by atoms with Crippen molar-refractivity contribution in [1.29, 1.82) is 0 Å². The summed E-state index contributed by atoms with van der Waals surface area (Å²) >= 11 is 5.92. The van der Waals surface area contributed by atoms with Crippen molar-refractivity contribution in [3.63, 3.8) is 0 Å². The number of nitrogens with one attached hydrogen (secondary N) is 2. The molecular formula is C20H20ClN3O4. The maximum Gasteiger partial charge on any atom is 0.325 e. The first kappa shape index (κ1) is 19.7. The molecule has 0 bridgehead atoms. The molecule has 0 spiro atoms. The number of ether oxygens (including phenoxy) is 1. The Hall–Kier alpha value is -3.06. The van der Waals surface area contributed by atoms with Gasteiger partial charge in [0.15, 0.2) is 0 Å². The number of anilines is 1. The second-order valence-electron chi connectivity index (χ2n) is 6.36. The fourth-order valence-corrected chi connectivity index (χ4v) is 3.29. The van der Waals surface area contributed by atoms with E-state index in [4.69, 9.17) is 16.3 Å². The van der Waals surface area contributed by atoms with E-state index in [0.29, 0.717) is 28.4 Å². The van der Waals surface area contributed by atoms with Crippen LogP contribution >= 0.6 is 11.6 Å². The van der Waals surface area contributed by atoms with Crippen molar-refractivity contribution < 1.29 is 19.1 Å². The molecule has 0 aliphatic carbocycles. The minimum atomic E-state index is -1.21. The Kier molecular flexibility index (Phi) is 5.56. The van der Waals surface area contributed by atoms with Crippen molar-refractivity contribution in [2.24, 2.45) is 0 Å². The molecule has 1 atom stereocenters. The van der Waals surface area contributed by atoms with Gasteiger partial charge in [0.25, 0.3) is 5.91 Å². The molecule has 1 saturated heterocycles. The third-order valence-corrected chi connectivity index (χ3v) is 4.97. The lowest BCUT2D eigenvalue weighted by molar-refractivity contribution is -0.134. The maximum absolute atomic E-state index is 13.0. The third kappa shape index (κ3) is 3.66. The quantitative estimate of drug-likeness (QED) is 0.728. The van der Waals surface area contributed by atoms with E-state index in [9.17, 15) is 14.4 Å². The number of hydrogen-bond donors (Lipinski definition) is 2. The van der Waals surface area contributed by atoms with Gasteiger partial charge in [-0.3, -0.25) is 14.5 Å².